The Kier molecular flexibility index (Phi) is 4.20. The molecule has 0 radical (unpaired) electrons. The molecule has 3 N–H and O–H groups in total. The number of hydrogen-bond donors (Lipinski definition) is 3. The molecule has 0 spiro atoms. The molecule has 2 aliphatic carbocycles. The van der Waals surface area contributed by atoms with Crippen molar-refractivity contribution in [1.29, 1.82) is 0 Å². The summed E-state index contributed by atoms with van der Waals surface area (Å²) in [6.07, 6.45) is 6.66. The van der Waals surface area contributed by atoms with E-state index in [0.29, 0.717) is 12.5 Å². The van der Waals surface area contributed by atoms with E-state index in [1.54, 1.807) is 17.5 Å². The van der Waals surface area contributed by atoms with Gasteiger partial charge in [0, 0.05) is 18.7 Å². The summed E-state index contributed by atoms with van der Waals surface area (Å²) in [5, 5.41) is 21.5. The van der Waals surface area contributed by atoms with Gasteiger partial charge in [-0.15, -0.1) is 11.3 Å². The molecule has 0 amide bonds. The molecule has 2 heterocycles. The number of carbonyl (C=O) groups is 1. The van der Waals surface area contributed by atoms with Gasteiger partial charge in [0.25, 0.3) is 0 Å². The van der Waals surface area contributed by atoms with Gasteiger partial charge in [-0.05, 0) is 49.1 Å². The summed E-state index contributed by atoms with van der Waals surface area (Å²) < 4.78 is 0. The van der Waals surface area contributed by atoms with Crippen molar-refractivity contribution in [1.82, 2.24) is 10.2 Å². The first-order valence-corrected chi connectivity index (χ1v) is 9.88. The lowest BCUT2D eigenvalue weighted by Crippen LogP contribution is -2.30. The monoisotopic (exact) mass is 359 g/mol. The van der Waals surface area contributed by atoms with Crippen LogP contribution >= 0.6 is 11.3 Å². The van der Waals surface area contributed by atoms with Gasteiger partial charge in [0.05, 0.1) is 22.2 Å². The van der Waals surface area contributed by atoms with E-state index in [9.17, 15) is 9.90 Å². The van der Waals surface area contributed by atoms with Gasteiger partial charge in [-0.25, -0.2) is 0 Å². The maximum absolute atomic E-state index is 12.9. The van der Waals surface area contributed by atoms with Gasteiger partial charge < -0.3 is 10.4 Å². The molecule has 2 aromatic rings. The molecule has 0 unspecified atom stereocenters. The van der Waals surface area contributed by atoms with Crippen molar-refractivity contribution in [3.63, 3.8) is 0 Å². The van der Waals surface area contributed by atoms with Crippen molar-refractivity contribution in [2.24, 2.45) is 5.41 Å². The van der Waals surface area contributed by atoms with E-state index in [-0.39, 0.29) is 17.3 Å². The number of hydrogen-bond acceptors (Lipinski definition) is 5. The summed E-state index contributed by atoms with van der Waals surface area (Å²) >= 11 is 1.67. The molecular weight excluding hydrogens is 334 g/mol. The Labute approximate surface area is 151 Å². The van der Waals surface area contributed by atoms with Crippen LogP contribution in [0.4, 0.5) is 5.00 Å². The molecule has 2 aliphatic rings. The number of aliphatic hydroxyl groups is 1. The molecule has 0 atom stereocenters. The van der Waals surface area contributed by atoms with Gasteiger partial charge in [0.1, 0.15) is 5.00 Å². The van der Waals surface area contributed by atoms with Crippen molar-refractivity contribution < 1.29 is 9.90 Å². The van der Waals surface area contributed by atoms with Crippen LogP contribution in [-0.4, -0.2) is 33.2 Å². The topological polar surface area (TPSA) is 78.0 Å². The Morgan fingerprint density at radius 2 is 2.04 bits per heavy atom. The van der Waals surface area contributed by atoms with Crippen LogP contribution in [0.1, 0.15) is 61.9 Å². The van der Waals surface area contributed by atoms with Crippen molar-refractivity contribution >= 4 is 22.1 Å². The van der Waals surface area contributed by atoms with Crippen LogP contribution in [0.3, 0.4) is 0 Å². The molecular formula is C19H25N3O2S. The van der Waals surface area contributed by atoms with Crippen LogP contribution in [0.15, 0.2) is 12.3 Å². The largest absolute Gasteiger partial charge is 0.393 e. The van der Waals surface area contributed by atoms with Crippen molar-refractivity contribution in [2.75, 3.05) is 5.32 Å². The third kappa shape index (κ3) is 3.25. The third-order valence-electron chi connectivity index (χ3n) is 5.36. The molecule has 1 saturated carbocycles. The van der Waals surface area contributed by atoms with Crippen LogP contribution in [0, 0.1) is 5.41 Å². The van der Waals surface area contributed by atoms with Crippen LogP contribution in [0.25, 0.3) is 10.6 Å². The maximum Gasteiger partial charge on any atom is 0.166 e. The van der Waals surface area contributed by atoms with E-state index < -0.39 is 0 Å². The highest BCUT2D eigenvalue weighted by Crippen LogP contribution is 2.47. The lowest BCUT2D eigenvalue weighted by atomic mass is 9.74. The Hall–Kier alpha value is -1.66. The fourth-order valence-electron chi connectivity index (χ4n) is 4.10. The molecule has 5 nitrogen and oxygen atoms in total. The fourth-order valence-corrected chi connectivity index (χ4v) is 5.39. The molecule has 0 aromatic carbocycles. The summed E-state index contributed by atoms with van der Waals surface area (Å²) in [4.78, 5) is 14.0. The molecule has 0 aliphatic heterocycles. The summed E-state index contributed by atoms with van der Waals surface area (Å²) in [5.41, 5.74) is 3.03. The number of aromatic nitrogens is 2. The Morgan fingerprint density at radius 1 is 1.28 bits per heavy atom. The number of aliphatic hydroxyl groups excluding tert-OH is 1. The minimum absolute atomic E-state index is 0.00779. The zero-order valence-electron chi connectivity index (χ0n) is 14.8. The molecule has 25 heavy (non-hydrogen) atoms. The van der Waals surface area contributed by atoms with Crippen LogP contribution < -0.4 is 5.32 Å². The SMILES string of the molecule is CC1(C)CC(=O)c2c(NC3CCC(O)CC3)sc(-c3ccn[nH]3)c2C1. The smallest absolute Gasteiger partial charge is 0.166 e. The standard InChI is InChI=1S/C19H25N3O2S/c1-19(2)9-13-16(15(24)10-19)18(21-11-3-5-12(23)6-4-11)25-17(13)14-7-8-20-22-14/h7-8,11-12,21,23H,3-6,9-10H2,1-2H3,(H,20,22). The van der Waals surface area contributed by atoms with Crippen LogP contribution in [0.5, 0.6) is 0 Å². The molecule has 134 valence electrons. The van der Waals surface area contributed by atoms with Crippen LogP contribution in [0.2, 0.25) is 0 Å². The fraction of sp³-hybridized carbons (Fsp3) is 0.579. The molecule has 0 saturated heterocycles. The number of rotatable bonds is 3. The number of aromatic amines is 1. The predicted octanol–water partition coefficient (Wildman–Crippen LogP) is 4.01. The molecule has 4 rings (SSSR count). The quantitative estimate of drug-likeness (QED) is 0.774. The second kappa shape index (κ2) is 6.25. The van der Waals surface area contributed by atoms with E-state index in [1.807, 2.05) is 6.07 Å². The second-order valence-corrected chi connectivity index (χ2v) is 9.20. The summed E-state index contributed by atoms with van der Waals surface area (Å²) in [6, 6.07) is 2.31. The van der Waals surface area contributed by atoms with Gasteiger partial charge in [-0.2, -0.15) is 5.10 Å². The first-order valence-electron chi connectivity index (χ1n) is 9.06. The minimum Gasteiger partial charge on any atom is -0.393 e. The van der Waals surface area contributed by atoms with Crippen LogP contribution in [-0.2, 0) is 6.42 Å². The van der Waals surface area contributed by atoms with E-state index in [2.05, 4.69) is 29.4 Å². The molecule has 0 bridgehead atoms. The van der Waals surface area contributed by atoms with Crippen molar-refractivity contribution in [3.8, 4) is 10.6 Å². The Balaban J connectivity index is 1.71. The highest BCUT2D eigenvalue weighted by atomic mass is 32.1. The summed E-state index contributed by atoms with van der Waals surface area (Å²) in [6.45, 7) is 4.33. The zero-order valence-corrected chi connectivity index (χ0v) is 15.6. The number of thiophene rings is 1. The van der Waals surface area contributed by atoms with E-state index >= 15 is 0 Å². The lowest BCUT2D eigenvalue weighted by molar-refractivity contribution is 0.0914. The van der Waals surface area contributed by atoms with E-state index in [1.165, 1.54) is 0 Å². The maximum atomic E-state index is 12.9. The summed E-state index contributed by atoms with van der Waals surface area (Å²) in [7, 11) is 0. The third-order valence-corrected chi connectivity index (χ3v) is 6.55. The van der Waals surface area contributed by atoms with Gasteiger partial charge >= 0.3 is 0 Å². The van der Waals surface area contributed by atoms with Gasteiger partial charge in [0.15, 0.2) is 5.78 Å². The molecule has 1 fully saturated rings. The van der Waals surface area contributed by atoms with Gasteiger partial charge in [-0.1, -0.05) is 13.8 Å². The number of H-pyrrole nitrogens is 1. The first-order chi connectivity index (χ1) is 11.9. The first kappa shape index (κ1) is 16.8. The predicted molar refractivity (Wildman–Crippen MR) is 100 cm³/mol. The van der Waals surface area contributed by atoms with Gasteiger partial charge in [0.2, 0.25) is 0 Å². The van der Waals surface area contributed by atoms with Gasteiger partial charge in [-0.3, -0.25) is 9.89 Å². The van der Waals surface area contributed by atoms with E-state index in [0.717, 1.165) is 58.8 Å². The van der Waals surface area contributed by atoms with Crippen molar-refractivity contribution in [2.45, 2.75) is 64.5 Å². The number of anilines is 1. The average molecular weight is 359 g/mol. The molecule has 2 aromatic heterocycles. The number of nitrogens with one attached hydrogen (secondary N) is 2. The molecule has 6 heteroatoms. The lowest BCUT2D eigenvalue weighted by Gasteiger charge is -2.30. The second-order valence-electron chi connectivity index (χ2n) is 8.17. The van der Waals surface area contributed by atoms with Crippen molar-refractivity contribution in [3.05, 3.63) is 23.4 Å². The number of fused-ring (bicyclic) bond motifs is 1. The Bertz CT molecular complexity index is 771. The highest BCUT2D eigenvalue weighted by Gasteiger charge is 2.37. The van der Waals surface area contributed by atoms with E-state index in [4.69, 9.17) is 0 Å². The summed E-state index contributed by atoms with van der Waals surface area (Å²) in [5.74, 6) is 0.242. The zero-order chi connectivity index (χ0) is 17.6. The highest BCUT2D eigenvalue weighted by molar-refractivity contribution is 7.20. The average Bonchev–Trinajstić information content (AvgIpc) is 3.16. The normalized spacial score (nSPS) is 25.6. The minimum atomic E-state index is -0.168. The number of Topliss-reactive ketones (excluding diaryl/α,β-unsaturated/α-hetero) is 1. The number of nitrogens with zero attached hydrogens (tertiary/aromatic N) is 1. The number of ketones is 1. The Morgan fingerprint density at radius 3 is 2.72 bits per heavy atom. The number of carbonyl (C=O) groups excluding carboxylic acids is 1.